The quantitative estimate of drug-likeness (QED) is 0.435. The molecular weight excluding hydrogens is 300 g/mol. The van der Waals surface area contributed by atoms with E-state index in [1.165, 1.54) is 24.8 Å². The van der Waals surface area contributed by atoms with Crippen molar-refractivity contribution in [3.8, 4) is 0 Å². The van der Waals surface area contributed by atoms with Crippen LogP contribution in [0, 0.1) is 11.3 Å². The number of methoxy groups -OCH3 is 1. The van der Waals surface area contributed by atoms with Crippen molar-refractivity contribution in [1.29, 1.82) is 0 Å². The lowest BCUT2D eigenvalue weighted by atomic mass is 9.64. The maximum atomic E-state index is 12.3. The van der Waals surface area contributed by atoms with Crippen molar-refractivity contribution in [2.24, 2.45) is 11.3 Å². The van der Waals surface area contributed by atoms with Gasteiger partial charge in [0.1, 0.15) is 0 Å². The first kappa shape index (κ1) is 21.0. The van der Waals surface area contributed by atoms with E-state index in [4.69, 9.17) is 4.74 Å². The summed E-state index contributed by atoms with van der Waals surface area (Å²) in [6.07, 6.45) is 16.6. The fourth-order valence-corrected chi connectivity index (χ4v) is 3.84. The predicted molar refractivity (Wildman–Crippen MR) is 100 cm³/mol. The highest BCUT2D eigenvalue weighted by Crippen LogP contribution is 2.46. The Morgan fingerprint density at radius 2 is 1.88 bits per heavy atom. The number of carbonyl (C=O) groups is 1. The number of ether oxygens (including phenoxy) is 1. The van der Waals surface area contributed by atoms with E-state index in [1.54, 1.807) is 7.11 Å². The number of hydrogen-bond donors (Lipinski definition) is 1. The van der Waals surface area contributed by atoms with Crippen molar-refractivity contribution in [3.05, 3.63) is 23.8 Å². The summed E-state index contributed by atoms with van der Waals surface area (Å²) in [5, 5.41) is 10.1. The maximum absolute atomic E-state index is 12.3. The minimum atomic E-state index is -0.723. The summed E-state index contributed by atoms with van der Waals surface area (Å²) in [4.78, 5) is 12.3. The Morgan fingerprint density at radius 1 is 1.17 bits per heavy atom. The van der Waals surface area contributed by atoms with Crippen LogP contribution in [0.25, 0.3) is 0 Å². The van der Waals surface area contributed by atoms with Crippen LogP contribution in [-0.4, -0.2) is 24.8 Å². The molecule has 1 rings (SSSR count). The smallest absolute Gasteiger partial charge is 0.314 e. The number of allylic oxidation sites excluding steroid dienone is 2. The van der Waals surface area contributed by atoms with Crippen molar-refractivity contribution in [2.45, 2.75) is 78.1 Å². The van der Waals surface area contributed by atoms with E-state index in [-0.39, 0.29) is 5.92 Å². The summed E-state index contributed by atoms with van der Waals surface area (Å²) in [7, 11) is 1.71. The topological polar surface area (TPSA) is 46.5 Å². The molecule has 1 aliphatic carbocycles. The molecule has 0 aromatic rings. The number of carboxylic acids is 1. The van der Waals surface area contributed by atoms with E-state index in [9.17, 15) is 9.90 Å². The van der Waals surface area contributed by atoms with E-state index in [2.05, 4.69) is 19.9 Å². The van der Waals surface area contributed by atoms with Crippen molar-refractivity contribution in [2.75, 3.05) is 13.7 Å². The summed E-state index contributed by atoms with van der Waals surface area (Å²) in [6.45, 7) is 5.04. The molecule has 1 N–H and O–H groups in total. The van der Waals surface area contributed by atoms with E-state index in [0.29, 0.717) is 6.61 Å². The lowest BCUT2D eigenvalue weighted by molar-refractivity contribution is -0.149. The number of rotatable bonds is 13. The number of unbranched alkanes of at least 4 members (excludes halogenated alkanes) is 5. The van der Waals surface area contributed by atoms with Gasteiger partial charge in [-0.25, -0.2) is 0 Å². The predicted octanol–water partition coefficient (Wildman–Crippen LogP) is 5.76. The van der Waals surface area contributed by atoms with Crippen molar-refractivity contribution in [1.82, 2.24) is 0 Å². The first-order chi connectivity index (χ1) is 11.6. The van der Waals surface area contributed by atoms with Gasteiger partial charge in [-0.3, -0.25) is 4.79 Å². The lowest BCUT2D eigenvalue weighted by Gasteiger charge is -2.39. The number of hydrogen-bond acceptors (Lipinski definition) is 2. The summed E-state index contributed by atoms with van der Waals surface area (Å²) in [6, 6.07) is 0. The van der Waals surface area contributed by atoms with E-state index >= 15 is 0 Å². The molecule has 3 nitrogen and oxygen atoms in total. The minimum absolute atomic E-state index is 0.112. The Morgan fingerprint density at radius 3 is 2.50 bits per heavy atom. The van der Waals surface area contributed by atoms with Crippen molar-refractivity contribution in [3.63, 3.8) is 0 Å². The molecule has 24 heavy (non-hydrogen) atoms. The van der Waals surface area contributed by atoms with Gasteiger partial charge in [0.15, 0.2) is 0 Å². The molecular formula is C21H36O3. The number of aliphatic carboxylic acids is 1. The number of carboxylic acid groups (broad SMARTS) is 1. The van der Waals surface area contributed by atoms with Crippen LogP contribution in [0.1, 0.15) is 78.1 Å². The second-order valence-corrected chi connectivity index (χ2v) is 7.05. The van der Waals surface area contributed by atoms with Crippen molar-refractivity contribution < 1.29 is 14.6 Å². The van der Waals surface area contributed by atoms with Crippen LogP contribution in [-0.2, 0) is 9.53 Å². The molecule has 0 saturated carbocycles. The second-order valence-electron chi connectivity index (χ2n) is 7.05. The monoisotopic (exact) mass is 336 g/mol. The Bertz CT molecular complexity index is 425. The summed E-state index contributed by atoms with van der Waals surface area (Å²) in [5.41, 5.74) is 0.530. The lowest BCUT2D eigenvalue weighted by Crippen LogP contribution is -2.39. The molecule has 0 fully saturated rings. The van der Waals surface area contributed by atoms with Gasteiger partial charge in [0.25, 0.3) is 0 Å². The Labute approximate surface area is 148 Å². The Balaban J connectivity index is 2.89. The molecule has 0 amide bonds. The van der Waals surface area contributed by atoms with Crippen LogP contribution >= 0.6 is 0 Å². The highest BCUT2D eigenvalue weighted by atomic mass is 16.5. The van der Waals surface area contributed by atoms with E-state index in [0.717, 1.165) is 44.9 Å². The Hall–Kier alpha value is -1.09. The molecule has 2 unspecified atom stereocenters. The standard InChI is InChI=1S/C21H36O3/c1-4-6-8-9-10-15-21(20(22)23)16-11-12-18(14-17-24-3)19(21)13-7-5-2/h11-12,16,19H,4-10,13-15,17H2,1-3H3,(H,22,23). The fourth-order valence-electron chi connectivity index (χ4n) is 3.84. The third-order valence-corrected chi connectivity index (χ3v) is 5.31. The molecule has 0 aromatic heterocycles. The van der Waals surface area contributed by atoms with Gasteiger partial charge in [-0.1, -0.05) is 82.6 Å². The molecule has 0 saturated heterocycles. The average Bonchev–Trinajstić information content (AvgIpc) is 2.58. The van der Waals surface area contributed by atoms with Gasteiger partial charge in [0.2, 0.25) is 0 Å². The van der Waals surface area contributed by atoms with Gasteiger partial charge in [0, 0.05) is 13.7 Å². The SMILES string of the molecule is CCCCCCCC1(C(=O)O)C=CC=C(CCOC)C1CCCC. The van der Waals surface area contributed by atoms with Crippen LogP contribution in [0.4, 0.5) is 0 Å². The van der Waals surface area contributed by atoms with Gasteiger partial charge in [0.05, 0.1) is 5.41 Å². The van der Waals surface area contributed by atoms with Gasteiger partial charge >= 0.3 is 5.97 Å². The zero-order valence-electron chi connectivity index (χ0n) is 15.9. The highest BCUT2D eigenvalue weighted by molar-refractivity contribution is 5.79. The first-order valence-electron chi connectivity index (χ1n) is 9.73. The molecule has 2 atom stereocenters. The third kappa shape index (κ3) is 5.77. The highest BCUT2D eigenvalue weighted by Gasteiger charge is 2.45. The van der Waals surface area contributed by atoms with Gasteiger partial charge in [-0.05, 0) is 25.2 Å². The zero-order valence-corrected chi connectivity index (χ0v) is 15.9. The summed E-state index contributed by atoms with van der Waals surface area (Å²) < 4.78 is 5.24. The maximum Gasteiger partial charge on any atom is 0.314 e. The molecule has 138 valence electrons. The first-order valence-corrected chi connectivity index (χ1v) is 9.73. The van der Waals surface area contributed by atoms with Crippen LogP contribution in [0.3, 0.4) is 0 Å². The molecule has 0 aromatic carbocycles. The average molecular weight is 337 g/mol. The second kappa shape index (κ2) is 11.5. The van der Waals surface area contributed by atoms with Gasteiger partial charge in [-0.15, -0.1) is 0 Å². The summed E-state index contributed by atoms with van der Waals surface area (Å²) >= 11 is 0. The molecule has 3 heteroatoms. The molecule has 0 radical (unpaired) electrons. The van der Waals surface area contributed by atoms with Gasteiger partial charge < -0.3 is 9.84 Å². The summed E-state index contributed by atoms with van der Waals surface area (Å²) in [5.74, 6) is -0.542. The van der Waals surface area contributed by atoms with Gasteiger partial charge in [-0.2, -0.15) is 0 Å². The van der Waals surface area contributed by atoms with Crippen LogP contribution < -0.4 is 0 Å². The van der Waals surface area contributed by atoms with E-state index < -0.39 is 11.4 Å². The molecule has 0 aliphatic heterocycles. The van der Waals surface area contributed by atoms with Crippen LogP contribution in [0.2, 0.25) is 0 Å². The molecule has 0 bridgehead atoms. The fraction of sp³-hybridized carbons (Fsp3) is 0.762. The minimum Gasteiger partial charge on any atom is -0.481 e. The normalized spacial score (nSPS) is 23.3. The van der Waals surface area contributed by atoms with E-state index in [1.807, 2.05) is 12.2 Å². The third-order valence-electron chi connectivity index (χ3n) is 5.31. The molecule has 1 aliphatic rings. The zero-order chi connectivity index (χ0) is 17.8. The molecule has 0 heterocycles. The Kier molecular flexibility index (Phi) is 10.0. The van der Waals surface area contributed by atoms with Crippen LogP contribution in [0.5, 0.6) is 0 Å². The largest absolute Gasteiger partial charge is 0.481 e. The molecule has 0 spiro atoms. The van der Waals surface area contributed by atoms with Crippen molar-refractivity contribution >= 4 is 5.97 Å². The van der Waals surface area contributed by atoms with Crippen LogP contribution in [0.15, 0.2) is 23.8 Å².